The Balaban J connectivity index is 2.17. The molecule has 0 fully saturated rings. The van der Waals surface area contributed by atoms with Gasteiger partial charge in [0, 0.05) is 12.7 Å². The third-order valence-electron chi connectivity index (χ3n) is 3.08. The number of nitrogens with zero attached hydrogens (tertiary/aromatic N) is 3. The minimum Gasteiger partial charge on any atom is -0.494 e. The van der Waals surface area contributed by atoms with E-state index in [2.05, 4.69) is 10.3 Å². The topological polar surface area (TPSA) is 82.2 Å². The van der Waals surface area contributed by atoms with Gasteiger partial charge in [-0.05, 0) is 26.0 Å². The quantitative estimate of drug-likeness (QED) is 0.626. The number of nitrogens with one attached hydrogen (secondary N) is 1. The lowest BCUT2D eigenvalue weighted by atomic mass is 10.2. The molecule has 1 aromatic carbocycles. The van der Waals surface area contributed by atoms with Crippen molar-refractivity contribution in [2.24, 2.45) is 0 Å². The molecule has 112 valence electrons. The summed E-state index contributed by atoms with van der Waals surface area (Å²) in [6.07, 6.45) is 3.49. The molecule has 1 aromatic heterocycles. The van der Waals surface area contributed by atoms with Gasteiger partial charge in [0.05, 0.1) is 36.2 Å². The molecule has 21 heavy (non-hydrogen) atoms. The van der Waals surface area contributed by atoms with Crippen molar-refractivity contribution in [3.05, 3.63) is 46.5 Å². The number of rotatable bonds is 7. The van der Waals surface area contributed by atoms with Gasteiger partial charge in [0.1, 0.15) is 11.4 Å². The van der Waals surface area contributed by atoms with Crippen LogP contribution in [0.3, 0.4) is 0 Å². The number of aromatic nitrogens is 2. The lowest BCUT2D eigenvalue weighted by molar-refractivity contribution is -0.384. The Morgan fingerprint density at radius 2 is 2.24 bits per heavy atom. The number of anilines is 1. The Morgan fingerprint density at radius 1 is 1.43 bits per heavy atom. The maximum absolute atomic E-state index is 11.2. The molecular weight excluding hydrogens is 272 g/mol. The van der Waals surface area contributed by atoms with E-state index in [1.807, 2.05) is 18.4 Å². The van der Waals surface area contributed by atoms with Gasteiger partial charge in [-0.2, -0.15) is 0 Å². The second-order valence-corrected chi connectivity index (χ2v) is 4.39. The van der Waals surface area contributed by atoms with E-state index in [4.69, 9.17) is 4.74 Å². The van der Waals surface area contributed by atoms with Crippen molar-refractivity contribution in [1.82, 2.24) is 9.55 Å². The fraction of sp³-hybridized carbons (Fsp3) is 0.357. The van der Waals surface area contributed by atoms with Gasteiger partial charge < -0.3 is 14.6 Å². The smallest absolute Gasteiger partial charge is 0.296 e. The van der Waals surface area contributed by atoms with Crippen molar-refractivity contribution >= 4 is 11.4 Å². The van der Waals surface area contributed by atoms with Crippen LogP contribution in [-0.2, 0) is 13.1 Å². The SMILES string of the molecule is CCOc1ccc(NCc2cncn2CC)c([N+](=O)[O-])c1. The summed E-state index contributed by atoms with van der Waals surface area (Å²) in [4.78, 5) is 14.8. The van der Waals surface area contributed by atoms with E-state index < -0.39 is 4.92 Å². The van der Waals surface area contributed by atoms with Gasteiger partial charge >= 0.3 is 0 Å². The molecule has 0 radical (unpaired) electrons. The summed E-state index contributed by atoms with van der Waals surface area (Å²) >= 11 is 0. The molecule has 0 aliphatic rings. The van der Waals surface area contributed by atoms with Crippen LogP contribution in [-0.4, -0.2) is 21.1 Å². The highest BCUT2D eigenvalue weighted by atomic mass is 16.6. The number of nitro groups is 1. The largest absolute Gasteiger partial charge is 0.494 e. The number of nitro benzene ring substituents is 1. The highest BCUT2D eigenvalue weighted by Crippen LogP contribution is 2.29. The average Bonchev–Trinajstić information content (AvgIpc) is 2.93. The fourth-order valence-corrected chi connectivity index (χ4v) is 2.03. The highest BCUT2D eigenvalue weighted by molar-refractivity contribution is 5.63. The first-order valence-electron chi connectivity index (χ1n) is 6.79. The molecular formula is C14H18N4O3. The molecule has 0 aliphatic carbocycles. The van der Waals surface area contributed by atoms with Crippen LogP contribution < -0.4 is 10.1 Å². The van der Waals surface area contributed by atoms with Gasteiger partial charge in [-0.3, -0.25) is 10.1 Å². The van der Waals surface area contributed by atoms with Crippen LogP contribution in [0.25, 0.3) is 0 Å². The van der Waals surface area contributed by atoms with Crippen molar-refractivity contribution < 1.29 is 9.66 Å². The van der Waals surface area contributed by atoms with Gasteiger partial charge in [0.2, 0.25) is 0 Å². The van der Waals surface area contributed by atoms with Gasteiger partial charge in [0.15, 0.2) is 0 Å². The summed E-state index contributed by atoms with van der Waals surface area (Å²) in [7, 11) is 0. The van der Waals surface area contributed by atoms with Crippen LogP contribution in [0.1, 0.15) is 19.5 Å². The van der Waals surface area contributed by atoms with Crippen molar-refractivity contribution in [2.75, 3.05) is 11.9 Å². The van der Waals surface area contributed by atoms with Gasteiger partial charge in [-0.15, -0.1) is 0 Å². The van der Waals surface area contributed by atoms with E-state index >= 15 is 0 Å². The average molecular weight is 290 g/mol. The van der Waals surface area contributed by atoms with Gasteiger partial charge in [-0.25, -0.2) is 4.98 Å². The molecule has 1 heterocycles. The molecule has 0 aliphatic heterocycles. The zero-order valence-corrected chi connectivity index (χ0v) is 12.1. The van der Waals surface area contributed by atoms with Crippen molar-refractivity contribution in [3.8, 4) is 5.75 Å². The minimum absolute atomic E-state index is 0.00325. The van der Waals surface area contributed by atoms with Crippen molar-refractivity contribution in [1.29, 1.82) is 0 Å². The lowest BCUT2D eigenvalue weighted by Gasteiger charge is -2.10. The Hall–Kier alpha value is -2.57. The first-order valence-corrected chi connectivity index (χ1v) is 6.79. The Bertz CT molecular complexity index is 624. The van der Waals surface area contributed by atoms with E-state index in [0.717, 1.165) is 12.2 Å². The molecule has 0 unspecified atom stereocenters. The summed E-state index contributed by atoms with van der Waals surface area (Å²) in [5.41, 5.74) is 1.44. The first kappa shape index (κ1) is 14.8. The molecule has 7 nitrogen and oxygen atoms in total. The predicted octanol–water partition coefficient (Wildman–Crippen LogP) is 2.82. The highest BCUT2D eigenvalue weighted by Gasteiger charge is 2.15. The summed E-state index contributed by atoms with van der Waals surface area (Å²) in [6, 6.07) is 4.81. The maximum atomic E-state index is 11.2. The minimum atomic E-state index is -0.415. The van der Waals surface area contributed by atoms with Gasteiger partial charge in [-0.1, -0.05) is 0 Å². The van der Waals surface area contributed by atoms with E-state index in [9.17, 15) is 10.1 Å². The van der Waals surface area contributed by atoms with Crippen LogP contribution in [0.4, 0.5) is 11.4 Å². The zero-order valence-electron chi connectivity index (χ0n) is 12.1. The lowest BCUT2D eigenvalue weighted by Crippen LogP contribution is -2.07. The number of hydrogen-bond acceptors (Lipinski definition) is 5. The summed E-state index contributed by atoms with van der Waals surface area (Å²) in [6.45, 7) is 5.61. The molecule has 0 bridgehead atoms. The Morgan fingerprint density at radius 3 is 2.90 bits per heavy atom. The molecule has 2 rings (SSSR count). The number of aryl methyl sites for hydroxylation is 1. The molecule has 0 amide bonds. The summed E-state index contributed by atoms with van der Waals surface area (Å²) in [5.74, 6) is 0.494. The predicted molar refractivity (Wildman–Crippen MR) is 79.5 cm³/mol. The third kappa shape index (κ3) is 3.50. The van der Waals surface area contributed by atoms with Crippen molar-refractivity contribution in [3.63, 3.8) is 0 Å². The maximum Gasteiger partial charge on any atom is 0.296 e. The summed E-state index contributed by atoms with van der Waals surface area (Å²) in [5, 5.41) is 14.2. The molecule has 2 aromatic rings. The second-order valence-electron chi connectivity index (χ2n) is 4.39. The molecule has 0 atom stereocenters. The van der Waals surface area contributed by atoms with Crippen LogP contribution >= 0.6 is 0 Å². The third-order valence-corrected chi connectivity index (χ3v) is 3.08. The Kier molecular flexibility index (Phi) is 4.76. The number of imidazole rings is 1. The van der Waals surface area contributed by atoms with E-state index in [1.165, 1.54) is 6.07 Å². The zero-order chi connectivity index (χ0) is 15.2. The molecule has 0 spiro atoms. The van der Waals surface area contributed by atoms with E-state index in [-0.39, 0.29) is 5.69 Å². The molecule has 0 saturated heterocycles. The normalized spacial score (nSPS) is 10.4. The second kappa shape index (κ2) is 6.74. The van der Waals surface area contributed by atoms with E-state index in [1.54, 1.807) is 24.7 Å². The number of ether oxygens (including phenoxy) is 1. The monoisotopic (exact) mass is 290 g/mol. The number of hydrogen-bond donors (Lipinski definition) is 1. The standard InChI is InChI=1S/C14H18N4O3/c1-3-17-10-15-8-11(17)9-16-13-6-5-12(21-4-2)7-14(13)18(19)20/h5-8,10,16H,3-4,9H2,1-2H3. The summed E-state index contributed by atoms with van der Waals surface area (Å²) < 4.78 is 7.27. The van der Waals surface area contributed by atoms with Crippen LogP contribution in [0.5, 0.6) is 5.75 Å². The number of benzene rings is 1. The molecule has 0 saturated carbocycles. The van der Waals surface area contributed by atoms with E-state index in [0.29, 0.717) is 24.6 Å². The van der Waals surface area contributed by atoms with Crippen molar-refractivity contribution in [2.45, 2.75) is 26.9 Å². The fourth-order valence-electron chi connectivity index (χ4n) is 2.03. The van der Waals surface area contributed by atoms with Crippen LogP contribution in [0, 0.1) is 10.1 Å². The first-order chi connectivity index (χ1) is 10.2. The Labute approximate surface area is 122 Å². The van der Waals surface area contributed by atoms with Crippen LogP contribution in [0.2, 0.25) is 0 Å². The molecule has 1 N–H and O–H groups in total. The van der Waals surface area contributed by atoms with Crippen LogP contribution in [0.15, 0.2) is 30.7 Å². The molecule has 7 heteroatoms. The van der Waals surface area contributed by atoms with Gasteiger partial charge in [0.25, 0.3) is 5.69 Å².